The van der Waals surface area contributed by atoms with Crippen LogP contribution in [0.1, 0.15) is 49.9 Å². The maximum absolute atomic E-state index is 12.3. The second-order valence-corrected chi connectivity index (χ2v) is 6.94. The van der Waals surface area contributed by atoms with E-state index in [0.717, 1.165) is 16.7 Å². The van der Waals surface area contributed by atoms with E-state index in [0.29, 0.717) is 24.5 Å². The van der Waals surface area contributed by atoms with Crippen LogP contribution in [0.5, 0.6) is 0 Å². The van der Waals surface area contributed by atoms with Crippen LogP contribution in [0.2, 0.25) is 5.02 Å². The minimum atomic E-state index is -0.502. The molecule has 0 aromatic heterocycles. The standard InChI is InChI=1S/C16H23ClN2O2/c1-10-12-9-19(15(20)21-16(2,3)4)8-7-14(18)11(12)5-6-13(10)17/h5-6,14H,7-9,18H2,1-4H3. The van der Waals surface area contributed by atoms with Crippen molar-refractivity contribution in [1.29, 1.82) is 0 Å². The topological polar surface area (TPSA) is 55.6 Å². The van der Waals surface area contributed by atoms with Crippen LogP contribution in [0.15, 0.2) is 12.1 Å². The van der Waals surface area contributed by atoms with Crippen molar-refractivity contribution in [2.45, 2.75) is 52.3 Å². The normalized spacial score (nSPS) is 19.0. The van der Waals surface area contributed by atoms with Gasteiger partial charge in [-0.25, -0.2) is 4.79 Å². The van der Waals surface area contributed by atoms with Crippen LogP contribution in [0.4, 0.5) is 4.79 Å². The van der Waals surface area contributed by atoms with Gasteiger partial charge in [0.25, 0.3) is 0 Å². The van der Waals surface area contributed by atoms with Crippen LogP contribution in [0, 0.1) is 6.92 Å². The second kappa shape index (κ2) is 5.85. The molecule has 0 spiro atoms. The molecule has 1 aliphatic heterocycles. The molecule has 1 atom stereocenters. The van der Waals surface area contributed by atoms with Gasteiger partial charge in [-0.2, -0.15) is 0 Å². The first-order valence-corrected chi connectivity index (χ1v) is 7.58. The summed E-state index contributed by atoms with van der Waals surface area (Å²) in [6, 6.07) is 3.76. The summed E-state index contributed by atoms with van der Waals surface area (Å²) in [5.41, 5.74) is 8.83. The number of fused-ring (bicyclic) bond motifs is 1. The van der Waals surface area contributed by atoms with Gasteiger partial charge in [0.15, 0.2) is 0 Å². The minimum absolute atomic E-state index is 0.0802. The molecule has 1 amide bonds. The summed E-state index contributed by atoms with van der Waals surface area (Å²) in [7, 11) is 0. The van der Waals surface area contributed by atoms with Crippen LogP contribution in [-0.2, 0) is 11.3 Å². The van der Waals surface area contributed by atoms with E-state index in [1.165, 1.54) is 0 Å². The SMILES string of the molecule is Cc1c(Cl)ccc2c1CN(C(=O)OC(C)(C)C)CCC2N. The molecule has 2 rings (SSSR count). The van der Waals surface area contributed by atoms with Crippen LogP contribution >= 0.6 is 11.6 Å². The number of amides is 1. The average molecular weight is 311 g/mol. The molecule has 0 radical (unpaired) electrons. The van der Waals surface area contributed by atoms with Gasteiger partial charge in [-0.1, -0.05) is 17.7 Å². The van der Waals surface area contributed by atoms with Crippen LogP contribution in [0.3, 0.4) is 0 Å². The largest absolute Gasteiger partial charge is 0.444 e. The smallest absolute Gasteiger partial charge is 0.410 e. The Morgan fingerprint density at radius 1 is 1.43 bits per heavy atom. The number of carbonyl (C=O) groups is 1. The monoisotopic (exact) mass is 310 g/mol. The molecule has 1 aliphatic rings. The molecule has 5 heteroatoms. The highest BCUT2D eigenvalue weighted by Crippen LogP contribution is 2.31. The van der Waals surface area contributed by atoms with E-state index in [-0.39, 0.29) is 12.1 Å². The number of nitrogens with zero attached hydrogens (tertiary/aromatic N) is 1. The van der Waals surface area contributed by atoms with Crippen molar-refractivity contribution in [3.8, 4) is 0 Å². The van der Waals surface area contributed by atoms with Gasteiger partial charge < -0.3 is 15.4 Å². The van der Waals surface area contributed by atoms with Gasteiger partial charge in [0.05, 0.1) is 0 Å². The lowest BCUT2D eigenvalue weighted by atomic mass is 9.96. The molecule has 1 aromatic carbocycles. The van der Waals surface area contributed by atoms with Gasteiger partial charge >= 0.3 is 6.09 Å². The number of carbonyl (C=O) groups excluding carboxylic acids is 1. The van der Waals surface area contributed by atoms with Crippen molar-refractivity contribution in [1.82, 2.24) is 4.90 Å². The van der Waals surface area contributed by atoms with Gasteiger partial charge in [-0.05, 0) is 56.9 Å². The minimum Gasteiger partial charge on any atom is -0.444 e. The maximum Gasteiger partial charge on any atom is 0.410 e. The number of benzene rings is 1. The van der Waals surface area contributed by atoms with Crippen molar-refractivity contribution >= 4 is 17.7 Å². The van der Waals surface area contributed by atoms with Crippen molar-refractivity contribution < 1.29 is 9.53 Å². The molecular formula is C16H23ClN2O2. The summed E-state index contributed by atoms with van der Waals surface area (Å²) in [6.45, 7) is 8.64. The highest BCUT2D eigenvalue weighted by atomic mass is 35.5. The van der Waals surface area contributed by atoms with Crippen LogP contribution in [-0.4, -0.2) is 23.1 Å². The van der Waals surface area contributed by atoms with Crippen molar-refractivity contribution in [2.75, 3.05) is 6.54 Å². The summed E-state index contributed by atoms with van der Waals surface area (Å²) in [5.74, 6) is 0. The predicted molar refractivity (Wildman–Crippen MR) is 84.4 cm³/mol. The fourth-order valence-corrected chi connectivity index (χ4v) is 2.69. The zero-order valence-electron chi connectivity index (χ0n) is 13.1. The Morgan fingerprint density at radius 3 is 2.71 bits per heavy atom. The highest BCUT2D eigenvalue weighted by Gasteiger charge is 2.28. The van der Waals surface area contributed by atoms with Gasteiger partial charge in [0, 0.05) is 24.2 Å². The summed E-state index contributed by atoms with van der Waals surface area (Å²) >= 11 is 6.20. The summed E-state index contributed by atoms with van der Waals surface area (Å²) in [4.78, 5) is 14.0. The molecule has 0 saturated carbocycles. The molecule has 0 fully saturated rings. The van der Waals surface area contributed by atoms with E-state index in [1.807, 2.05) is 39.8 Å². The fraction of sp³-hybridized carbons (Fsp3) is 0.562. The molecular weight excluding hydrogens is 288 g/mol. The Kier molecular flexibility index (Phi) is 4.49. The van der Waals surface area contributed by atoms with E-state index >= 15 is 0 Å². The first kappa shape index (κ1) is 16.1. The summed E-state index contributed by atoms with van der Waals surface area (Å²) < 4.78 is 5.47. The van der Waals surface area contributed by atoms with E-state index < -0.39 is 5.60 Å². The molecule has 4 nitrogen and oxygen atoms in total. The third-order valence-electron chi connectivity index (χ3n) is 3.68. The lowest BCUT2D eigenvalue weighted by Crippen LogP contribution is -2.36. The summed E-state index contributed by atoms with van der Waals surface area (Å²) in [5, 5.41) is 0.701. The molecule has 0 aliphatic carbocycles. The van der Waals surface area contributed by atoms with E-state index in [9.17, 15) is 4.79 Å². The molecule has 116 valence electrons. The zero-order valence-corrected chi connectivity index (χ0v) is 13.8. The van der Waals surface area contributed by atoms with Crippen LogP contribution in [0.25, 0.3) is 0 Å². The molecule has 1 aromatic rings. The molecule has 1 unspecified atom stereocenters. The molecule has 0 bridgehead atoms. The Labute approximate surface area is 131 Å². The van der Waals surface area contributed by atoms with Crippen molar-refractivity contribution in [2.24, 2.45) is 5.73 Å². The first-order chi connectivity index (χ1) is 9.69. The Morgan fingerprint density at radius 2 is 2.10 bits per heavy atom. The zero-order chi connectivity index (χ0) is 15.8. The summed E-state index contributed by atoms with van der Waals surface area (Å²) in [6.07, 6.45) is 0.412. The van der Waals surface area contributed by atoms with E-state index in [4.69, 9.17) is 22.1 Å². The lowest BCUT2D eigenvalue weighted by Gasteiger charge is -2.27. The number of halogens is 1. The third kappa shape index (κ3) is 3.69. The molecule has 21 heavy (non-hydrogen) atoms. The van der Waals surface area contributed by atoms with Gasteiger partial charge in [-0.15, -0.1) is 0 Å². The van der Waals surface area contributed by atoms with Crippen molar-refractivity contribution in [3.63, 3.8) is 0 Å². The van der Waals surface area contributed by atoms with Gasteiger partial charge in [0.1, 0.15) is 5.60 Å². The average Bonchev–Trinajstić information content (AvgIpc) is 2.52. The highest BCUT2D eigenvalue weighted by molar-refractivity contribution is 6.31. The van der Waals surface area contributed by atoms with Crippen LogP contribution < -0.4 is 5.73 Å². The van der Waals surface area contributed by atoms with Gasteiger partial charge in [0.2, 0.25) is 0 Å². The van der Waals surface area contributed by atoms with Crippen molar-refractivity contribution in [3.05, 3.63) is 33.8 Å². The van der Waals surface area contributed by atoms with E-state index in [1.54, 1.807) is 4.90 Å². The number of ether oxygens (including phenoxy) is 1. The molecule has 1 heterocycles. The second-order valence-electron chi connectivity index (χ2n) is 6.54. The number of nitrogens with two attached hydrogens (primary N) is 1. The Bertz CT molecular complexity index is 552. The Hall–Kier alpha value is -1.26. The fourth-order valence-electron chi connectivity index (χ4n) is 2.51. The quantitative estimate of drug-likeness (QED) is 0.793. The first-order valence-electron chi connectivity index (χ1n) is 7.20. The Balaban J connectivity index is 2.30. The maximum atomic E-state index is 12.3. The van der Waals surface area contributed by atoms with Gasteiger partial charge in [-0.3, -0.25) is 0 Å². The van der Waals surface area contributed by atoms with E-state index in [2.05, 4.69) is 0 Å². The molecule has 2 N–H and O–H groups in total. The predicted octanol–water partition coefficient (Wildman–Crippen LogP) is 3.79. The number of hydrogen-bond donors (Lipinski definition) is 1. The number of rotatable bonds is 0. The lowest BCUT2D eigenvalue weighted by molar-refractivity contribution is 0.0234. The molecule has 0 saturated heterocycles. The number of hydrogen-bond acceptors (Lipinski definition) is 3. The third-order valence-corrected chi connectivity index (χ3v) is 4.09.